The molecule has 0 aliphatic rings. The van der Waals surface area contributed by atoms with Crippen LogP contribution in [0.4, 0.5) is 0 Å². The largest absolute Gasteiger partial charge is 0.504 e. The molecule has 0 saturated heterocycles. The quantitative estimate of drug-likeness (QED) is 0.719. The van der Waals surface area contributed by atoms with Gasteiger partial charge in [-0.3, -0.25) is 0 Å². The lowest BCUT2D eigenvalue weighted by atomic mass is 9.80. The molecule has 1 unspecified atom stereocenters. The van der Waals surface area contributed by atoms with Crippen LogP contribution >= 0.6 is 0 Å². The molecule has 4 heteroatoms. The van der Waals surface area contributed by atoms with E-state index < -0.39 is 0 Å². The molecule has 1 aromatic rings. The van der Waals surface area contributed by atoms with Crippen molar-refractivity contribution in [2.75, 3.05) is 13.7 Å². The lowest BCUT2D eigenvalue weighted by molar-refractivity contribution is 0.0134. The number of ether oxygens (including phenoxy) is 1. The number of nitrogens with one attached hydrogen (secondary N) is 1. The predicted octanol–water partition coefficient (Wildman–Crippen LogP) is 2.53. The number of phenolic OH excluding ortho intramolecular Hbond substituents is 1. The topological polar surface area (TPSA) is 61.7 Å². The summed E-state index contributed by atoms with van der Waals surface area (Å²) in [6, 6.07) is 5.44. The number of aliphatic hydroxyl groups excluding tert-OH is 1. The van der Waals surface area contributed by atoms with E-state index in [1.807, 2.05) is 39.8 Å². The number of aliphatic hydroxyl groups is 1. The molecule has 0 bridgehead atoms. The average molecular weight is 281 g/mol. The van der Waals surface area contributed by atoms with E-state index in [1.165, 1.54) is 7.11 Å². The Bertz CT molecular complexity index is 430. The van der Waals surface area contributed by atoms with E-state index in [0.717, 1.165) is 5.56 Å². The zero-order valence-corrected chi connectivity index (χ0v) is 13.1. The summed E-state index contributed by atoms with van der Waals surface area (Å²) >= 11 is 0. The van der Waals surface area contributed by atoms with Gasteiger partial charge >= 0.3 is 0 Å². The van der Waals surface area contributed by atoms with Crippen molar-refractivity contribution in [3.8, 4) is 11.5 Å². The van der Waals surface area contributed by atoms with Crippen LogP contribution in [0.25, 0.3) is 0 Å². The molecule has 0 spiro atoms. The van der Waals surface area contributed by atoms with Gasteiger partial charge < -0.3 is 20.3 Å². The van der Waals surface area contributed by atoms with E-state index in [9.17, 15) is 10.2 Å². The van der Waals surface area contributed by atoms with Gasteiger partial charge in [-0.05, 0) is 12.0 Å². The van der Waals surface area contributed by atoms with Crippen LogP contribution in [0.5, 0.6) is 11.5 Å². The molecule has 0 fully saturated rings. The van der Waals surface area contributed by atoms with Crippen molar-refractivity contribution >= 4 is 0 Å². The molecule has 0 amide bonds. The van der Waals surface area contributed by atoms with Crippen LogP contribution in [0.2, 0.25) is 0 Å². The number of para-hydroxylation sites is 1. The molecule has 3 N–H and O–H groups in total. The minimum atomic E-state index is -0.367. The van der Waals surface area contributed by atoms with Gasteiger partial charge in [0.15, 0.2) is 11.5 Å². The summed E-state index contributed by atoms with van der Waals surface area (Å²) in [6.45, 7) is 9.31. The Morgan fingerprint density at radius 3 is 2.50 bits per heavy atom. The monoisotopic (exact) mass is 281 g/mol. The SMILES string of the molecule is COc1cccc(CNCC(C)(C)C(O)C(C)C)c1O. The number of hydrogen-bond donors (Lipinski definition) is 3. The molecule has 114 valence electrons. The predicted molar refractivity (Wildman–Crippen MR) is 81.0 cm³/mol. The fourth-order valence-corrected chi connectivity index (χ4v) is 2.40. The minimum absolute atomic E-state index is 0.171. The summed E-state index contributed by atoms with van der Waals surface area (Å²) in [5, 5.41) is 23.5. The Morgan fingerprint density at radius 1 is 1.30 bits per heavy atom. The lowest BCUT2D eigenvalue weighted by Gasteiger charge is -2.33. The molecule has 4 nitrogen and oxygen atoms in total. The van der Waals surface area contributed by atoms with Crippen molar-refractivity contribution < 1.29 is 14.9 Å². The fourth-order valence-electron chi connectivity index (χ4n) is 2.40. The molecule has 0 aliphatic carbocycles. The van der Waals surface area contributed by atoms with Crippen LogP contribution in [-0.2, 0) is 6.54 Å². The third kappa shape index (κ3) is 4.12. The van der Waals surface area contributed by atoms with Gasteiger partial charge in [0.2, 0.25) is 0 Å². The van der Waals surface area contributed by atoms with Gasteiger partial charge in [-0.2, -0.15) is 0 Å². The van der Waals surface area contributed by atoms with Gasteiger partial charge in [0, 0.05) is 24.1 Å². The summed E-state index contributed by atoms with van der Waals surface area (Å²) in [5.74, 6) is 0.868. The second-order valence-electron chi connectivity index (χ2n) is 6.25. The summed E-state index contributed by atoms with van der Waals surface area (Å²) < 4.78 is 5.08. The van der Waals surface area contributed by atoms with Crippen molar-refractivity contribution in [3.63, 3.8) is 0 Å². The first-order valence-corrected chi connectivity index (χ1v) is 7.03. The summed E-state index contributed by atoms with van der Waals surface area (Å²) in [4.78, 5) is 0. The van der Waals surface area contributed by atoms with Crippen LogP contribution < -0.4 is 10.1 Å². The van der Waals surface area contributed by atoms with Gasteiger partial charge in [0.05, 0.1) is 13.2 Å². The van der Waals surface area contributed by atoms with E-state index in [1.54, 1.807) is 6.07 Å². The Balaban J connectivity index is 2.61. The molecule has 0 heterocycles. The highest BCUT2D eigenvalue weighted by molar-refractivity contribution is 5.45. The summed E-state index contributed by atoms with van der Waals surface area (Å²) in [6.07, 6.45) is -0.367. The van der Waals surface area contributed by atoms with E-state index in [2.05, 4.69) is 5.32 Å². The molecule has 0 aromatic heterocycles. The third-order valence-corrected chi connectivity index (χ3v) is 3.63. The maximum absolute atomic E-state index is 10.2. The molecular weight excluding hydrogens is 254 g/mol. The van der Waals surface area contributed by atoms with Gasteiger partial charge in [0.25, 0.3) is 0 Å². The Kier molecular flexibility index (Phi) is 5.84. The van der Waals surface area contributed by atoms with Crippen molar-refractivity contribution in [1.29, 1.82) is 0 Å². The highest BCUT2D eigenvalue weighted by Gasteiger charge is 2.29. The highest BCUT2D eigenvalue weighted by atomic mass is 16.5. The summed E-state index contributed by atoms with van der Waals surface area (Å²) in [5.41, 5.74) is 0.571. The van der Waals surface area contributed by atoms with Crippen LogP contribution in [0.3, 0.4) is 0 Å². The van der Waals surface area contributed by atoms with Crippen LogP contribution in [0, 0.1) is 11.3 Å². The number of benzene rings is 1. The van der Waals surface area contributed by atoms with Crippen LogP contribution in [0.15, 0.2) is 18.2 Å². The van der Waals surface area contributed by atoms with Crippen LogP contribution in [-0.4, -0.2) is 30.0 Å². The van der Waals surface area contributed by atoms with E-state index in [4.69, 9.17) is 4.74 Å². The molecule has 1 rings (SSSR count). The number of methoxy groups -OCH3 is 1. The average Bonchev–Trinajstić information content (AvgIpc) is 2.39. The number of hydrogen-bond acceptors (Lipinski definition) is 4. The first-order chi connectivity index (χ1) is 9.29. The smallest absolute Gasteiger partial charge is 0.162 e. The molecular formula is C16H27NO3. The maximum atomic E-state index is 10.2. The highest BCUT2D eigenvalue weighted by Crippen LogP contribution is 2.30. The zero-order chi connectivity index (χ0) is 15.3. The molecule has 0 radical (unpaired) electrons. The van der Waals surface area contributed by atoms with E-state index >= 15 is 0 Å². The molecule has 20 heavy (non-hydrogen) atoms. The first-order valence-electron chi connectivity index (χ1n) is 7.03. The zero-order valence-electron chi connectivity index (χ0n) is 13.1. The van der Waals surface area contributed by atoms with Crippen molar-refractivity contribution in [2.24, 2.45) is 11.3 Å². The van der Waals surface area contributed by atoms with Gasteiger partial charge in [-0.15, -0.1) is 0 Å². The number of rotatable bonds is 7. The molecule has 1 aromatic carbocycles. The second-order valence-corrected chi connectivity index (χ2v) is 6.25. The van der Waals surface area contributed by atoms with Gasteiger partial charge in [-0.25, -0.2) is 0 Å². The van der Waals surface area contributed by atoms with Gasteiger partial charge in [0.1, 0.15) is 0 Å². The van der Waals surface area contributed by atoms with Crippen LogP contribution in [0.1, 0.15) is 33.3 Å². The van der Waals surface area contributed by atoms with E-state index in [0.29, 0.717) is 18.8 Å². The first kappa shape index (κ1) is 16.8. The third-order valence-electron chi connectivity index (χ3n) is 3.63. The number of phenols is 1. The maximum Gasteiger partial charge on any atom is 0.162 e. The normalized spacial score (nSPS) is 13.6. The van der Waals surface area contributed by atoms with Gasteiger partial charge in [-0.1, -0.05) is 39.8 Å². The van der Waals surface area contributed by atoms with Crippen molar-refractivity contribution in [1.82, 2.24) is 5.32 Å². The molecule has 0 saturated carbocycles. The minimum Gasteiger partial charge on any atom is -0.504 e. The Labute approximate surface area is 121 Å². The molecule has 0 aliphatic heterocycles. The van der Waals surface area contributed by atoms with Crippen molar-refractivity contribution in [2.45, 2.75) is 40.3 Å². The van der Waals surface area contributed by atoms with E-state index in [-0.39, 0.29) is 23.2 Å². The standard InChI is InChI=1S/C16H27NO3/c1-11(2)15(19)16(3,4)10-17-9-12-7-6-8-13(20-5)14(12)18/h6-8,11,15,17-19H,9-10H2,1-5H3. The fraction of sp³-hybridized carbons (Fsp3) is 0.625. The Hall–Kier alpha value is -1.26. The lowest BCUT2D eigenvalue weighted by Crippen LogP contribution is -2.41. The Morgan fingerprint density at radius 2 is 1.95 bits per heavy atom. The number of aromatic hydroxyl groups is 1. The molecule has 1 atom stereocenters. The second kappa shape index (κ2) is 6.95. The summed E-state index contributed by atoms with van der Waals surface area (Å²) in [7, 11) is 1.54. The van der Waals surface area contributed by atoms with Crippen molar-refractivity contribution in [3.05, 3.63) is 23.8 Å².